The van der Waals surface area contributed by atoms with E-state index in [2.05, 4.69) is 5.32 Å². The summed E-state index contributed by atoms with van der Waals surface area (Å²) in [5.41, 5.74) is 7.17. The largest absolute Gasteiger partial charge is 0.494 e. The van der Waals surface area contributed by atoms with Crippen LogP contribution in [0.25, 0.3) is 0 Å². The van der Waals surface area contributed by atoms with Gasteiger partial charge >= 0.3 is 0 Å². The first kappa shape index (κ1) is 13.2. The minimum atomic E-state index is -0.300. The molecule has 2 aromatic carbocycles. The topological polar surface area (TPSA) is 64.3 Å². The molecule has 0 saturated heterocycles. The van der Waals surface area contributed by atoms with E-state index in [0.717, 1.165) is 0 Å². The van der Waals surface area contributed by atoms with Gasteiger partial charge in [-0.05, 0) is 30.3 Å². The lowest BCUT2D eigenvalue weighted by Crippen LogP contribution is -2.13. The van der Waals surface area contributed by atoms with Crippen LogP contribution in [0.2, 0.25) is 5.02 Å². The maximum Gasteiger partial charge on any atom is 0.259 e. The molecule has 0 fully saturated rings. The summed E-state index contributed by atoms with van der Waals surface area (Å²) in [6.45, 7) is 0. The summed E-state index contributed by atoms with van der Waals surface area (Å²) in [6.07, 6.45) is 0. The zero-order valence-corrected chi connectivity index (χ0v) is 11.1. The molecule has 2 rings (SSSR count). The van der Waals surface area contributed by atoms with Crippen LogP contribution in [0.1, 0.15) is 10.4 Å². The number of rotatable bonds is 3. The summed E-state index contributed by atoms with van der Waals surface area (Å²) in [6, 6.07) is 11.9. The van der Waals surface area contributed by atoms with Gasteiger partial charge in [0.1, 0.15) is 0 Å². The highest BCUT2D eigenvalue weighted by Gasteiger charge is 2.14. The number of halogens is 1. The van der Waals surface area contributed by atoms with Gasteiger partial charge in [0, 0.05) is 10.7 Å². The molecule has 1 amide bonds. The fourth-order valence-electron chi connectivity index (χ4n) is 1.73. The Hall–Kier alpha value is -2.20. The van der Waals surface area contributed by atoms with E-state index in [1.54, 1.807) is 42.5 Å². The van der Waals surface area contributed by atoms with Crippen molar-refractivity contribution in [1.82, 2.24) is 0 Å². The monoisotopic (exact) mass is 276 g/mol. The molecule has 0 radical (unpaired) electrons. The molecule has 0 heterocycles. The molecule has 0 saturated carbocycles. The van der Waals surface area contributed by atoms with Crippen molar-refractivity contribution in [2.45, 2.75) is 0 Å². The molecule has 0 aliphatic heterocycles. The van der Waals surface area contributed by atoms with Gasteiger partial charge < -0.3 is 15.8 Å². The lowest BCUT2D eigenvalue weighted by atomic mass is 10.1. The number of para-hydroxylation sites is 1. The fourth-order valence-corrected chi connectivity index (χ4v) is 1.92. The van der Waals surface area contributed by atoms with Crippen molar-refractivity contribution in [3.63, 3.8) is 0 Å². The van der Waals surface area contributed by atoms with Crippen molar-refractivity contribution in [3.8, 4) is 5.75 Å². The molecule has 0 bridgehead atoms. The van der Waals surface area contributed by atoms with E-state index >= 15 is 0 Å². The fraction of sp³-hybridized carbons (Fsp3) is 0.0714. The van der Waals surface area contributed by atoms with Gasteiger partial charge in [0.25, 0.3) is 5.91 Å². The third-order valence-electron chi connectivity index (χ3n) is 2.58. The van der Waals surface area contributed by atoms with E-state index in [1.807, 2.05) is 0 Å². The van der Waals surface area contributed by atoms with Crippen molar-refractivity contribution >= 4 is 28.9 Å². The third-order valence-corrected chi connectivity index (χ3v) is 2.81. The number of ether oxygens (including phenoxy) is 1. The van der Waals surface area contributed by atoms with Gasteiger partial charge in [0.15, 0.2) is 5.75 Å². The van der Waals surface area contributed by atoms with Crippen LogP contribution in [-0.4, -0.2) is 13.0 Å². The number of nitrogens with two attached hydrogens (primary N) is 1. The van der Waals surface area contributed by atoms with Crippen molar-refractivity contribution in [2.75, 3.05) is 18.2 Å². The number of anilines is 2. The van der Waals surface area contributed by atoms with Crippen LogP contribution in [0.15, 0.2) is 42.5 Å². The summed E-state index contributed by atoms with van der Waals surface area (Å²) in [4.78, 5) is 12.2. The van der Waals surface area contributed by atoms with Gasteiger partial charge in [-0.15, -0.1) is 0 Å². The molecule has 0 spiro atoms. The zero-order chi connectivity index (χ0) is 13.8. The van der Waals surface area contributed by atoms with Gasteiger partial charge in [-0.2, -0.15) is 0 Å². The second kappa shape index (κ2) is 5.63. The Balaban J connectivity index is 2.28. The average molecular weight is 277 g/mol. The van der Waals surface area contributed by atoms with Crippen LogP contribution >= 0.6 is 11.6 Å². The Bertz CT molecular complexity index is 614. The number of carbonyl (C=O) groups excluding carboxylic acids is 1. The first-order valence-electron chi connectivity index (χ1n) is 5.61. The second-order valence-corrected chi connectivity index (χ2v) is 4.33. The van der Waals surface area contributed by atoms with E-state index in [9.17, 15) is 4.79 Å². The standard InChI is InChI=1S/C14H13ClN2O2/c1-19-13-11(6-3-7-12(13)16)14(18)17-10-5-2-4-9(15)8-10/h2-8H,16H2,1H3,(H,17,18). The minimum Gasteiger partial charge on any atom is -0.494 e. The molecular formula is C14H13ClN2O2. The van der Waals surface area contributed by atoms with E-state index in [4.69, 9.17) is 22.1 Å². The Kier molecular flexibility index (Phi) is 3.92. The Morgan fingerprint density at radius 1 is 1.26 bits per heavy atom. The molecule has 2 aromatic rings. The van der Waals surface area contributed by atoms with Gasteiger partial charge in [-0.3, -0.25) is 4.79 Å². The Morgan fingerprint density at radius 3 is 2.68 bits per heavy atom. The van der Waals surface area contributed by atoms with Crippen molar-refractivity contribution in [1.29, 1.82) is 0 Å². The van der Waals surface area contributed by atoms with Crippen LogP contribution in [0.5, 0.6) is 5.75 Å². The van der Waals surface area contributed by atoms with Gasteiger partial charge in [-0.1, -0.05) is 23.7 Å². The molecule has 0 aliphatic carbocycles. The molecular weight excluding hydrogens is 264 g/mol. The highest BCUT2D eigenvalue weighted by molar-refractivity contribution is 6.31. The Labute approximate surface area is 116 Å². The van der Waals surface area contributed by atoms with E-state index in [1.165, 1.54) is 7.11 Å². The summed E-state index contributed by atoms with van der Waals surface area (Å²) in [5.74, 6) is 0.0634. The molecule has 0 unspecified atom stereocenters. The highest BCUT2D eigenvalue weighted by Crippen LogP contribution is 2.26. The minimum absolute atomic E-state index is 0.300. The number of nitrogens with one attached hydrogen (secondary N) is 1. The van der Waals surface area contributed by atoms with Crippen molar-refractivity contribution in [3.05, 3.63) is 53.1 Å². The molecule has 5 heteroatoms. The summed E-state index contributed by atoms with van der Waals surface area (Å²) < 4.78 is 5.15. The summed E-state index contributed by atoms with van der Waals surface area (Å²) in [7, 11) is 1.47. The average Bonchev–Trinajstić information content (AvgIpc) is 2.38. The molecule has 0 atom stereocenters. The molecule has 0 aromatic heterocycles. The molecule has 19 heavy (non-hydrogen) atoms. The predicted molar refractivity (Wildman–Crippen MR) is 76.8 cm³/mol. The number of carbonyl (C=O) groups is 1. The van der Waals surface area contributed by atoms with Crippen molar-refractivity contribution < 1.29 is 9.53 Å². The number of amides is 1. The van der Waals surface area contributed by atoms with Crippen LogP contribution in [-0.2, 0) is 0 Å². The summed E-state index contributed by atoms with van der Waals surface area (Å²) in [5, 5.41) is 3.30. The quantitative estimate of drug-likeness (QED) is 0.846. The SMILES string of the molecule is COc1c(N)cccc1C(=O)Nc1cccc(Cl)c1. The van der Waals surface area contributed by atoms with Gasteiger partial charge in [0.05, 0.1) is 18.4 Å². The lowest BCUT2D eigenvalue weighted by Gasteiger charge is -2.11. The second-order valence-electron chi connectivity index (χ2n) is 3.89. The predicted octanol–water partition coefficient (Wildman–Crippen LogP) is 3.18. The van der Waals surface area contributed by atoms with Crippen molar-refractivity contribution in [2.24, 2.45) is 0 Å². The van der Waals surface area contributed by atoms with Crippen LogP contribution in [0.4, 0.5) is 11.4 Å². The lowest BCUT2D eigenvalue weighted by molar-refractivity contribution is 0.102. The summed E-state index contributed by atoms with van der Waals surface area (Å²) >= 11 is 5.86. The highest BCUT2D eigenvalue weighted by atomic mass is 35.5. The first-order chi connectivity index (χ1) is 9.11. The molecule has 0 aliphatic rings. The zero-order valence-electron chi connectivity index (χ0n) is 10.3. The van der Waals surface area contributed by atoms with E-state index in [-0.39, 0.29) is 5.91 Å². The number of hydrogen-bond donors (Lipinski definition) is 2. The number of benzene rings is 2. The maximum atomic E-state index is 12.2. The third kappa shape index (κ3) is 2.98. The van der Waals surface area contributed by atoms with Crippen LogP contribution in [0, 0.1) is 0 Å². The number of methoxy groups -OCH3 is 1. The number of hydrogen-bond acceptors (Lipinski definition) is 3. The van der Waals surface area contributed by atoms with Gasteiger partial charge in [-0.25, -0.2) is 0 Å². The Morgan fingerprint density at radius 2 is 2.00 bits per heavy atom. The van der Waals surface area contributed by atoms with Crippen LogP contribution < -0.4 is 15.8 Å². The maximum absolute atomic E-state index is 12.2. The number of nitrogen functional groups attached to an aromatic ring is 1. The van der Waals surface area contributed by atoms with Crippen LogP contribution in [0.3, 0.4) is 0 Å². The molecule has 4 nitrogen and oxygen atoms in total. The molecule has 3 N–H and O–H groups in total. The molecule has 98 valence electrons. The first-order valence-corrected chi connectivity index (χ1v) is 5.99. The normalized spacial score (nSPS) is 10.0. The van der Waals surface area contributed by atoms with E-state index in [0.29, 0.717) is 27.7 Å². The van der Waals surface area contributed by atoms with Gasteiger partial charge in [0.2, 0.25) is 0 Å². The van der Waals surface area contributed by atoms with E-state index < -0.39 is 0 Å². The smallest absolute Gasteiger partial charge is 0.259 e.